The number of amides is 1. The van der Waals surface area contributed by atoms with Crippen LogP contribution in [0.5, 0.6) is 5.75 Å². The molecule has 1 heterocycles. The smallest absolute Gasteiger partial charge is 0.251 e. The number of rotatable bonds is 4. The van der Waals surface area contributed by atoms with Crippen molar-refractivity contribution in [1.29, 1.82) is 0 Å². The summed E-state index contributed by atoms with van der Waals surface area (Å²) in [6, 6.07) is 4.31. The summed E-state index contributed by atoms with van der Waals surface area (Å²) in [4.78, 5) is 12.4. The summed E-state index contributed by atoms with van der Waals surface area (Å²) in [6.07, 6.45) is 0.755. The van der Waals surface area contributed by atoms with E-state index in [9.17, 15) is 9.90 Å². The monoisotopic (exact) mass is 321 g/mol. The highest BCUT2D eigenvalue weighted by molar-refractivity contribution is 6.32. The number of phenolic OH excluding ortho intramolecular Hbond substituents is 1. The first-order valence-electron chi connectivity index (χ1n) is 7.14. The van der Waals surface area contributed by atoms with Crippen LogP contribution < -0.4 is 5.32 Å². The third kappa shape index (κ3) is 3.09. The van der Waals surface area contributed by atoms with Crippen molar-refractivity contribution in [2.75, 3.05) is 0 Å². The zero-order chi connectivity index (χ0) is 16.4. The van der Waals surface area contributed by atoms with Gasteiger partial charge < -0.3 is 10.4 Å². The molecule has 2 rings (SSSR count). The summed E-state index contributed by atoms with van der Waals surface area (Å²) in [5.74, 6) is -0.263. The predicted octanol–water partition coefficient (Wildman–Crippen LogP) is 3.28. The molecule has 22 heavy (non-hydrogen) atoms. The summed E-state index contributed by atoms with van der Waals surface area (Å²) in [5.41, 5.74) is 3.41. The largest absolute Gasteiger partial charge is 0.506 e. The second kappa shape index (κ2) is 6.40. The van der Waals surface area contributed by atoms with Crippen molar-refractivity contribution in [3.05, 3.63) is 45.7 Å². The minimum Gasteiger partial charge on any atom is -0.506 e. The Kier molecular flexibility index (Phi) is 4.76. The quantitative estimate of drug-likeness (QED) is 0.908. The summed E-state index contributed by atoms with van der Waals surface area (Å²) in [7, 11) is 1.89. The lowest BCUT2D eigenvalue weighted by Crippen LogP contribution is -2.28. The van der Waals surface area contributed by atoms with Gasteiger partial charge >= 0.3 is 0 Å². The van der Waals surface area contributed by atoms with E-state index in [2.05, 4.69) is 10.4 Å². The number of benzene rings is 1. The Morgan fingerprint density at radius 2 is 2.14 bits per heavy atom. The van der Waals surface area contributed by atoms with Crippen LogP contribution in [0.1, 0.15) is 46.7 Å². The van der Waals surface area contributed by atoms with Gasteiger partial charge in [-0.15, -0.1) is 0 Å². The van der Waals surface area contributed by atoms with Gasteiger partial charge in [0.1, 0.15) is 5.75 Å². The average molecular weight is 322 g/mol. The number of aromatic hydroxyl groups is 1. The van der Waals surface area contributed by atoms with Crippen molar-refractivity contribution in [2.45, 2.75) is 33.2 Å². The molecule has 1 amide bonds. The molecule has 0 bridgehead atoms. The minimum absolute atomic E-state index is 0.0378. The molecule has 1 atom stereocenters. The van der Waals surface area contributed by atoms with Gasteiger partial charge in [0.2, 0.25) is 0 Å². The Labute approximate surface area is 134 Å². The van der Waals surface area contributed by atoms with Crippen LogP contribution in [0.2, 0.25) is 5.02 Å². The molecule has 0 spiro atoms. The zero-order valence-corrected chi connectivity index (χ0v) is 13.9. The fourth-order valence-electron chi connectivity index (χ4n) is 2.56. The summed E-state index contributed by atoms with van der Waals surface area (Å²) < 4.78 is 1.82. The molecule has 5 nitrogen and oxygen atoms in total. The van der Waals surface area contributed by atoms with Gasteiger partial charge in [-0.25, -0.2) is 0 Å². The van der Waals surface area contributed by atoms with Crippen molar-refractivity contribution < 1.29 is 9.90 Å². The molecule has 0 fully saturated rings. The highest BCUT2D eigenvalue weighted by Gasteiger charge is 2.21. The lowest BCUT2D eigenvalue weighted by molar-refractivity contribution is 0.0935. The topological polar surface area (TPSA) is 67.2 Å². The van der Waals surface area contributed by atoms with E-state index in [1.807, 2.05) is 32.5 Å². The van der Waals surface area contributed by atoms with Crippen LogP contribution in [0.3, 0.4) is 0 Å². The highest BCUT2D eigenvalue weighted by Crippen LogP contribution is 2.26. The highest BCUT2D eigenvalue weighted by atomic mass is 35.5. The summed E-state index contributed by atoms with van der Waals surface area (Å²) >= 11 is 5.86. The number of hydrogen-bond acceptors (Lipinski definition) is 3. The van der Waals surface area contributed by atoms with Gasteiger partial charge in [0.05, 0.1) is 16.8 Å². The average Bonchev–Trinajstić information content (AvgIpc) is 2.72. The van der Waals surface area contributed by atoms with Crippen LogP contribution in [-0.4, -0.2) is 20.8 Å². The Hall–Kier alpha value is -2.01. The number of phenols is 1. The number of hydrogen-bond donors (Lipinski definition) is 2. The lowest BCUT2D eigenvalue weighted by Gasteiger charge is -2.18. The Balaban J connectivity index is 2.26. The maximum Gasteiger partial charge on any atom is 0.251 e. The Morgan fingerprint density at radius 1 is 1.45 bits per heavy atom. The van der Waals surface area contributed by atoms with E-state index in [1.165, 1.54) is 12.1 Å². The molecule has 0 aliphatic carbocycles. The number of carbonyl (C=O) groups excluding carboxylic acids is 1. The molecule has 2 N–H and O–H groups in total. The molecule has 1 aromatic heterocycles. The number of nitrogens with zero attached hydrogens (tertiary/aromatic N) is 2. The number of carbonyl (C=O) groups is 1. The third-order valence-corrected chi connectivity index (χ3v) is 4.14. The maximum absolute atomic E-state index is 12.4. The van der Waals surface area contributed by atoms with Crippen LogP contribution in [0.15, 0.2) is 18.2 Å². The Morgan fingerprint density at radius 3 is 2.64 bits per heavy atom. The van der Waals surface area contributed by atoms with Crippen LogP contribution in [0.25, 0.3) is 0 Å². The van der Waals surface area contributed by atoms with Gasteiger partial charge in [-0.2, -0.15) is 5.10 Å². The van der Waals surface area contributed by atoms with Gasteiger partial charge in [-0.1, -0.05) is 18.5 Å². The molecule has 0 aliphatic rings. The lowest BCUT2D eigenvalue weighted by atomic mass is 10.0. The van der Waals surface area contributed by atoms with Gasteiger partial charge in [0, 0.05) is 23.9 Å². The molecule has 0 unspecified atom stereocenters. The van der Waals surface area contributed by atoms with Gasteiger partial charge in [0.25, 0.3) is 5.91 Å². The standard InChI is InChI=1S/C16H20ClN3O2/c1-5-13(15-9(2)19-20(4)10(15)3)18-16(22)11-6-7-14(21)12(17)8-11/h6-8,13,21H,5H2,1-4H3,(H,18,22)/t13-/m0/s1. The second-order valence-electron chi connectivity index (χ2n) is 5.31. The fraction of sp³-hybridized carbons (Fsp3) is 0.375. The first kappa shape index (κ1) is 16.4. The van der Waals surface area contributed by atoms with E-state index in [0.717, 1.165) is 23.4 Å². The molecular formula is C16H20ClN3O2. The van der Waals surface area contributed by atoms with Gasteiger partial charge in [0.15, 0.2) is 0 Å². The van der Waals surface area contributed by atoms with E-state index in [-0.39, 0.29) is 22.7 Å². The maximum atomic E-state index is 12.4. The van der Waals surface area contributed by atoms with Crippen molar-refractivity contribution >= 4 is 17.5 Å². The molecule has 0 aliphatic heterocycles. The first-order chi connectivity index (χ1) is 10.3. The Bertz CT molecular complexity index is 710. The SMILES string of the molecule is CC[C@H](NC(=O)c1ccc(O)c(Cl)c1)c1c(C)nn(C)c1C. The van der Waals surface area contributed by atoms with Crippen molar-refractivity contribution in [3.63, 3.8) is 0 Å². The zero-order valence-electron chi connectivity index (χ0n) is 13.1. The molecule has 0 radical (unpaired) electrons. The molecule has 0 saturated heterocycles. The molecule has 2 aromatic rings. The summed E-state index contributed by atoms with van der Waals surface area (Å²) in [6.45, 7) is 5.94. The molecular weight excluding hydrogens is 302 g/mol. The number of aromatic nitrogens is 2. The fourth-order valence-corrected chi connectivity index (χ4v) is 2.74. The summed E-state index contributed by atoms with van der Waals surface area (Å²) in [5, 5.41) is 17.0. The minimum atomic E-state index is -0.226. The van der Waals surface area contributed by atoms with Crippen LogP contribution in [0.4, 0.5) is 0 Å². The van der Waals surface area contributed by atoms with Crippen LogP contribution >= 0.6 is 11.6 Å². The number of nitrogens with one attached hydrogen (secondary N) is 1. The molecule has 0 saturated carbocycles. The van der Waals surface area contributed by atoms with Crippen molar-refractivity contribution in [2.24, 2.45) is 7.05 Å². The predicted molar refractivity (Wildman–Crippen MR) is 86.3 cm³/mol. The van der Waals surface area contributed by atoms with E-state index in [1.54, 1.807) is 6.07 Å². The third-order valence-electron chi connectivity index (χ3n) is 3.84. The van der Waals surface area contributed by atoms with E-state index in [0.29, 0.717) is 5.56 Å². The first-order valence-corrected chi connectivity index (χ1v) is 7.52. The van der Waals surface area contributed by atoms with E-state index >= 15 is 0 Å². The van der Waals surface area contributed by atoms with E-state index < -0.39 is 0 Å². The van der Waals surface area contributed by atoms with Crippen LogP contribution in [0, 0.1) is 13.8 Å². The van der Waals surface area contributed by atoms with Crippen molar-refractivity contribution in [3.8, 4) is 5.75 Å². The van der Waals surface area contributed by atoms with Crippen molar-refractivity contribution in [1.82, 2.24) is 15.1 Å². The van der Waals surface area contributed by atoms with Gasteiger partial charge in [-0.3, -0.25) is 9.48 Å². The van der Waals surface area contributed by atoms with E-state index in [4.69, 9.17) is 11.6 Å². The van der Waals surface area contributed by atoms with Crippen LogP contribution in [-0.2, 0) is 7.05 Å². The van der Waals surface area contributed by atoms with Gasteiger partial charge in [-0.05, 0) is 38.5 Å². The number of halogens is 1. The second-order valence-corrected chi connectivity index (χ2v) is 5.72. The molecule has 1 aromatic carbocycles. The molecule has 118 valence electrons. The number of aryl methyl sites for hydroxylation is 2. The normalized spacial score (nSPS) is 12.2. The molecule has 6 heteroatoms.